The van der Waals surface area contributed by atoms with Crippen LogP contribution in [0, 0.1) is 0 Å². The van der Waals surface area contributed by atoms with Crippen molar-refractivity contribution in [3.63, 3.8) is 0 Å². The van der Waals surface area contributed by atoms with Gasteiger partial charge in [-0.05, 0) is 37.1 Å². The van der Waals surface area contributed by atoms with Gasteiger partial charge in [0.2, 0.25) is 0 Å². The first-order valence-electron chi connectivity index (χ1n) is 8.99. The normalized spacial score (nSPS) is 13.8. The number of nitrogens with one attached hydrogen (secondary N) is 2. The smallest absolute Gasteiger partial charge is 0.272 e. The summed E-state index contributed by atoms with van der Waals surface area (Å²) in [4.78, 5) is 21.4. The van der Waals surface area contributed by atoms with Crippen LogP contribution in [0.4, 0.5) is 0 Å². The zero-order valence-corrected chi connectivity index (χ0v) is 14.6. The number of carbonyl (C=O) groups is 1. The summed E-state index contributed by atoms with van der Waals surface area (Å²) in [5.74, 6) is 1.11. The minimum absolute atomic E-state index is 0.191. The summed E-state index contributed by atoms with van der Waals surface area (Å²) >= 11 is 0. The molecule has 0 radical (unpaired) electrons. The third kappa shape index (κ3) is 2.97. The van der Waals surface area contributed by atoms with E-state index in [2.05, 4.69) is 25.5 Å². The van der Waals surface area contributed by atoms with Gasteiger partial charge in [-0.3, -0.25) is 14.5 Å². The quantitative estimate of drug-likeness (QED) is 0.574. The molecule has 5 rings (SSSR count). The van der Waals surface area contributed by atoms with Gasteiger partial charge in [-0.1, -0.05) is 18.2 Å². The molecule has 134 valence electrons. The summed E-state index contributed by atoms with van der Waals surface area (Å²) in [6, 6.07) is 13.6. The molecular weight excluding hydrogens is 340 g/mol. The average molecular weight is 358 g/mol. The van der Waals surface area contributed by atoms with Crippen molar-refractivity contribution in [2.45, 2.75) is 25.3 Å². The van der Waals surface area contributed by atoms with E-state index in [9.17, 15) is 4.79 Å². The second-order valence-electron chi connectivity index (χ2n) is 6.75. The molecule has 0 saturated heterocycles. The lowest BCUT2D eigenvalue weighted by molar-refractivity contribution is 0.0946. The molecule has 1 aliphatic rings. The monoisotopic (exact) mass is 358 g/mol. The van der Waals surface area contributed by atoms with E-state index in [0.29, 0.717) is 18.2 Å². The number of H-pyrrole nitrogens is 1. The Morgan fingerprint density at radius 1 is 1.19 bits per heavy atom. The van der Waals surface area contributed by atoms with Crippen molar-refractivity contribution >= 4 is 16.9 Å². The Bertz CT molecular complexity index is 1120. The van der Waals surface area contributed by atoms with E-state index in [0.717, 1.165) is 28.1 Å². The highest BCUT2D eigenvalue weighted by molar-refractivity contribution is 5.92. The van der Waals surface area contributed by atoms with Gasteiger partial charge in [-0.2, -0.15) is 5.10 Å². The second kappa shape index (κ2) is 6.35. The summed E-state index contributed by atoms with van der Waals surface area (Å²) in [6.45, 7) is 0.361. The lowest BCUT2D eigenvalue weighted by atomic mass is 10.2. The van der Waals surface area contributed by atoms with Crippen LogP contribution in [-0.4, -0.2) is 30.6 Å². The summed E-state index contributed by atoms with van der Waals surface area (Å²) in [7, 11) is 0. The van der Waals surface area contributed by atoms with E-state index in [1.165, 1.54) is 12.8 Å². The van der Waals surface area contributed by atoms with Crippen LogP contribution in [0.3, 0.4) is 0 Å². The van der Waals surface area contributed by atoms with Crippen LogP contribution in [-0.2, 0) is 6.54 Å². The molecule has 0 unspecified atom stereocenters. The van der Waals surface area contributed by atoms with E-state index in [4.69, 9.17) is 0 Å². The molecule has 7 heteroatoms. The van der Waals surface area contributed by atoms with Crippen molar-refractivity contribution < 1.29 is 4.79 Å². The van der Waals surface area contributed by atoms with Crippen molar-refractivity contribution in [3.05, 3.63) is 71.9 Å². The highest BCUT2D eigenvalue weighted by atomic mass is 16.1. The van der Waals surface area contributed by atoms with Gasteiger partial charge in [0.05, 0.1) is 11.0 Å². The standard InChI is InChI=1S/C20H18N6O/c27-20(17-10-16(24-25-17)13-7-8-13)22-11-14-4-3-9-21-19(14)26-12-23-15-5-1-2-6-18(15)26/h1-6,9-10,12-13H,7-8,11H2,(H,22,27)(H,24,25). The molecule has 0 bridgehead atoms. The van der Waals surface area contributed by atoms with E-state index < -0.39 is 0 Å². The molecule has 4 aromatic rings. The number of aromatic nitrogens is 5. The van der Waals surface area contributed by atoms with Gasteiger partial charge in [-0.15, -0.1) is 0 Å². The minimum atomic E-state index is -0.191. The Morgan fingerprint density at radius 3 is 2.96 bits per heavy atom. The number of hydrogen-bond donors (Lipinski definition) is 2. The first-order chi connectivity index (χ1) is 13.3. The molecule has 0 aliphatic heterocycles. The number of aromatic amines is 1. The van der Waals surface area contributed by atoms with E-state index in [-0.39, 0.29) is 5.91 Å². The van der Waals surface area contributed by atoms with Gasteiger partial charge in [0.25, 0.3) is 5.91 Å². The first-order valence-corrected chi connectivity index (χ1v) is 8.99. The van der Waals surface area contributed by atoms with Crippen LogP contribution in [0.15, 0.2) is 55.0 Å². The molecular formula is C20H18N6O. The van der Waals surface area contributed by atoms with Crippen molar-refractivity contribution in [2.24, 2.45) is 0 Å². The lowest BCUT2D eigenvalue weighted by Gasteiger charge is -2.10. The molecule has 3 heterocycles. The topological polar surface area (TPSA) is 88.5 Å². The van der Waals surface area contributed by atoms with Gasteiger partial charge >= 0.3 is 0 Å². The fourth-order valence-electron chi connectivity index (χ4n) is 3.24. The number of carbonyl (C=O) groups excluding carboxylic acids is 1. The van der Waals surface area contributed by atoms with Crippen molar-refractivity contribution in [3.8, 4) is 5.82 Å². The predicted octanol–water partition coefficient (Wildman–Crippen LogP) is 2.95. The number of rotatable bonds is 5. The van der Waals surface area contributed by atoms with Crippen LogP contribution in [0.2, 0.25) is 0 Å². The Morgan fingerprint density at radius 2 is 2.07 bits per heavy atom. The number of imidazole rings is 1. The van der Waals surface area contributed by atoms with Crippen molar-refractivity contribution in [1.82, 2.24) is 30.0 Å². The molecule has 1 amide bonds. The maximum atomic E-state index is 12.5. The largest absolute Gasteiger partial charge is 0.346 e. The van der Waals surface area contributed by atoms with E-state index >= 15 is 0 Å². The molecule has 7 nitrogen and oxygen atoms in total. The number of fused-ring (bicyclic) bond motifs is 1. The molecule has 0 atom stereocenters. The molecule has 0 spiro atoms. The fraction of sp³-hybridized carbons (Fsp3) is 0.200. The van der Waals surface area contributed by atoms with Crippen molar-refractivity contribution in [1.29, 1.82) is 0 Å². The average Bonchev–Trinajstić information content (AvgIpc) is 3.28. The number of pyridine rings is 1. The van der Waals surface area contributed by atoms with Crippen LogP contribution in [0.1, 0.15) is 40.5 Å². The number of benzene rings is 1. The zero-order chi connectivity index (χ0) is 18.2. The highest BCUT2D eigenvalue weighted by Crippen LogP contribution is 2.38. The summed E-state index contributed by atoms with van der Waals surface area (Å²) in [5, 5.41) is 10.0. The van der Waals surface area contributed by atoms with Crippen LogP contribution in [0.25, 0.3) is 16.9 Å². The zero-order valence-electron chi connectivity index (χ0n) is 14.6. The number of nitrogens with zero attached hydrogens (tertiary/aromatic N) is 4. The van der Waals surface area contributed by atoms with Gasteiger partial charge in [-0.25, -0.2) is 9.97 Å². The van der Waals surface area contributed by atoms with Crippen LogP contribution in [0.5, 0.6) is 0 Å². The molecule has 3 aromatic heterocycles. The molecule has 2 N–H and O–H groups in total. The fourth-order valence-corrected chi connectivity index (χ4v) is 3.24. The van der Waals surface area contributed by atoms with Crippen LogP contribution < -0.4 is 5.32 Å². The van der Waals surface area contributed by atoms with Gasteiger partial charge < -0.3 is 5.32 Å². The van der Waals surface area contributed by atoms with Crippen molar-refractivity contribution in [2.75, 3.05) is 0 Å². The summed E-state index contributed by atoms with van der Waals surface area (Å²) in [6.07, 6.45) is 5.83. The molecule has 1 aromatic carbocycles. The maximum absolute atomic E-state index is 12.5. The molecule has 1 aliphatic carbocycles. The predicted molar refractivity (Wildman–Crippen MR) is 101 cm³/mol. The first kappa shape index (κ1) is 15.7. The maximum Gasteiger partial charge on any atom is 0.272 e. The van der Waals surface area contributed by atoms with Gasteiger partial charge in [0, 0.05) is 29.9 Å². The number of para-hydroxylation sites is 2. The number of amides is 1. The Labute approximate surface area is 155 Å². The van der Waals surface area contributed by atoms with E-state index in [1.54, 1.807) is 12.5 Å². The summed E-state index contributed by atoms with van der Waals surface area (Å²) < 4.78 is 1.94. The van der Waals surface area contributed by atoms with Crippen LogP contribution >= 0.6 is 0 Å². The van der Waals surface area contributed by atoms with E-state index in [1.807, 2.05) is 47.0 Å². The Hall–Kier alpha value is -3.48. The lowest BCUT2D eigenvalue weighted by Crippen LogP contribution is -2.24. The Kier molecular flexibility index (Phi) is 3.71. The summed E-state index contributed by atoms with van der Waals surface area (Å²) in [5.41, 5.74) is 4.27. The third-order valence-electron chi connectivity index (χ3n) is 4.84. The third-order valence-corrected chi connectivity index (χ3v) is 4.84. The molecule has 1 fully saturated rings. The SMILES string of the molecule is O=C(NCc1cccnc1-n1cnc2ccccc21)c1cc(C2CC2)[nH]n1. The molecule has 1 saturated carbocycles. The highest BCUT2D eigenvalue weighted by Gasteiger charge is 2.26. The second-order valence-corrected chi connectivity index (χ2v) is 6.75. The van der Waals surface area contributed by atoms with Gasteiger partial charge in [0.15, 0.2) is 0 Å². The molecule has 27 heavy (non-hydrogen) atoms. The number of hydrogen-bond acceptors (Lipinski definition) is 4. The Balaban J connectivity index is 1.38. The van der Waals surface area contributed by atoms with Gasteiger partial charge in [0.1, 0.15) is 17.8 Å². The minimum Gasteiger partial charge on any atom is -0.346 e.